The first-order valence-corrected chi connectivity index (χ1v) is 10.2. The first-order valence-electron chi connectivity index (χ1n) is 9.45. The molecule has 4 nitrogen and oxygen atoms in total. The van der Waals surface area contributed by atoms with Gasteiger partial charge in [-0.25, -0.2) is 13.2 Å². The minimum Gasteiger partial charge on any atom is -0.452 e. The number of nitrogens with one attached hydrogen (secondary N) is 1. The molecule has 0 aromatic heterocycles. The van der Waals surface area contributed by atoms with Crippen LogP contribution in [-0.2, 0) is 14.3 Å². The smallest absolute Gasteiger partial charge is 0.312 e. The summed E-state index contributed by atoms with van der Waals surface area (Å²) in [4.78, 5) is 25.3. The van der Waals surface area contributed by atoms with Crippen molar-refractivity contribution >= 4 is 33.5 Å². The van der Waals surface area contributed by atoms with Gasteiger partial charge >= 0.3 is 5.97 Å². The molecule has 0 heterocycles. The molecule has 0 aliphatic heterocycles. The van der Waals surface area contributed by atoms with Crippen LogP contribution in [0.5, 0.6) is 0 Å². The Morgan fingerprint density at radius 1 is 1.14 bits per heavy atom. The highest BCUT2D eigenvalue weighted by Gasteiger charge is 2.60. The second-order valence-electron chi connectivity index (χ2n) is 8.65. The van der Waals surface area contributed by atoms with Crippen molar-refractivity contribution in [2.24, 2.45) is 17.3 Å². The Morgan fingerprint density at radius 3 is 2.39 bits per heavy atom. The maximum atomic E-state index is 13.8. The molecule has 3 unspecified atom stereocenters. The van der Waals surface area contributed by atoms with Crippen molar-refractivity contribution in [2.75, 3.05) is 5.32 Å². The van der Waals surface area contributed by atoms with E-state index in [1.807, 2.05) is 0 Å². The number of esters is 1. The van der Waals surface area contributed by atoms with Crippen LogP contribution in [0.2, 0.25) is 0 Å². The fourth-order valence-electron chi connectivity index (χ4n) is 5.59. The van der Waals surface area contributed by atoms with Gasteiger partial charge in [0.25, 0.3) is 5.91 Å². The van der Waals surface area contributed by atoms with E-state index in [2.05, 4.69) is 21.2 Å². The molecule has 1 aromatic carbocycles. The molecule has 0 saturated heterocycles. The molecule has 1 aromatic rings. The van der Waals surface area contributed by atoms with E-state index in [0.717, 1.165) is 44.2 Å². The first-order chi connectivity index (χ1) is 13.1. The molecule has 3 atom stereocenters. The molecule has 152 valence electrons. The largest absolute Gasteiger partial charge is 0.452 e. The van der Waals surface area contributed by atoms with Gasteiger partial charge in [0.1, 0.15) is 0 Å². The highest BCUT2D eigenvalue weighted by Crippen LogP contribution is 2.64. The number of benzene rings is 1. The third kappa shape index (κ3) is 3.33. The molecule has 0 radical (unpaired) electrons. The van der Waals surface area contributed by atoms with E-state index in [0.29, 0.717) is 18.3 Å². The molecule has 4 saturated carbocycles. The van der Waals surface area contributed by atoms with Gasteiger partial charge in [0.2, 0.25) is 0 Å². The number of hydrogen-bond donors (Lipinski definition) is 1. The summed E-state index contributed by atoms with van der Waals surface area (Å²) in [5.74, 6) is -4.74. The van der Waals surface area contributed by atoms with Crippen molar-refractivity contribution in [3.05, 3.63) is 29.6 Å². The fourth-order valence-corrected chi connectivity index (χ4v) is 7.04. The van der Waals surface area contributed by atoms with Gasteiger partial charge in [-0.15, -0.1) is 0 Å². The quantitative estimate of drug-likeness (QED) is 0.403. The Balaban J connectivity index is 1.44. The monoisotopic (exact) mass is 459 g/mol. The lowest BCUT2D eigenvalue weighted by Crippen LogP contribution is -2.56. The topological polar surface area (TPSA) is 55.4 Å². The number of carbonyl (C=O) groups excluding carboxylic acids is 2. The van der Waals surface area contributed by atoms with Crippen LogP contribution in [-0.4, -0.2) is 22.3 Å². The summed E-state index contributed by atoms with van der Waals surface area (Å²) < 4.78 is 45.5. The van der Waals surface area contributed by atoms with E-state index in [-0.39, 0.29) is 4.32 Å². The predicted octanol–water partition coefficient (Wildman–Crippen LogP) is 4.71. The zero-order chi connectivity index (χ0) is 20.3. The zero-order valence-corrected chi connectivity index (χ0v) is 17.0. The molecule has 28 heavy (non-hydrogen) atoms. The van der Waals surface area contributed by atoms with E-state index in [4.69, 9.17) is 4.74 Å². The lowest BCUT2D eigenvalue weighted by molar-refractivity contribution is -0.175. The molecule has 4 aliphatic rings. The summed E-state index contributed by atoms with van der Waals surface area (Å²) in [6.07, 6.45) is 4.29. The van der Waals surface area contributed by atoms with Crippen molar-refractivity contribution in [2.45, 2.75) is 55.9 Å². The van der Waals surface area contributed by atoms with E-state index >= 15 is 0 Å². The Morgan fingerprint density at radius 2 is 1.79 bits per heavy atom. The van der Waals surface area contributed by atoms with Crippen LogP contribution in [0.3, 0.4) is 0 Å². The highest BCUT2D eigenvalue weighted by atomic mass is 79.9. The molecule has 8 heteroatoms. The fraction of sp³-hybridized carbons (Fsp3) is 0.600. The lowest BCUT2D eigenvalue weighted by Gasteiger charge is -2.58. The van der Waals surface area contributed by atoms with Crippen LogP contribution < -0.4 is 5.32 Å². The minimum absolute atomic E-state index is 0.0314. The zero-order valence-electron chi connectivity index (χ0n) is 15.4. The van der Waals surface area contributed by atoms with E-state index in [1.54, 1.807) is 0 Å². The molecular weight excluding hydrogens is 439 g/mol. The molecule has 0 spiro atoms. The molecule has 4 fully saturated rings. The van der Waals surface area contributed by atoms with Crippen molar-refractivity contribution in [3.8, 4) is 0 Å². The Kier molecular flexibility index (Phi) is 4.75. The third-order valence-corrected chi connectivity index (χ3v) is 7.30. The summed E-state index contributed by atoms with van der Waals surface area (Å²) in [6, 6.07) is 1.64. The normalized spacial score (nSPS) is 34.2. The van der Waals surface area contributed by atoms with Gasteiger partial charge in [0.05, 0.1) is 11.1 Å². The second-order valence-corrected chi connectivity index (χ2v) is 10.3. The van der Waals surface area contributed by atoms with E-state index in [9.17, 15) is 22.8 Å². The van der Waals surface area contributed by atoms with Gasteiger partial charge in [-0.1, -0.05) is 15.9 Å². The standard InChI is InChI=1S/C20H21BrF3NO3/c1-10(17(26)25-14-3-2-13(22)15(23)16(14)24)28-18(27)19-5-11-4-12(6-19)8-20(21,7-11)9-19/h2-3,10-12H,4-9H2,1H3,(H,25,26). The van der Waals surface area contributed by atoms with Crippen molar-refractivity contribution in [3.63, 3.8) is 0 Å². The predicted molar refractivity (Wildman–Crippen MR) is 99.3 cm³/mol. The molecule has 4 aliphatic carbocycles. The van der Waals surface area contributed by atoms with Crippen LogP contribution in [0.1, 0.15) is 45.4 Å². The Hall–Kier alpha value is -1.57. The lowest BCUT2D eigenvalue weighted by atomic mass is 9.49. The second kappa shape index (κ2) is 6.75. The molecule has 1 amide bonds. The van der Waals surface area contributed by atoms with Gasteiger partial charge in [-0.05, 0) is 69.4 Å². The number of anilines is 1. The highest BCUT2D eigenvalue weighted by molar-refractivity contribution is 9.10. The molecule has 1 N–H and O–H groups in total. The Labute approximate surface area is 169 Å². The number of hydrogen-bond acceptors (Lipinski definition) is 3. The average Bonchev–Trinajstić information content (AvgIpc) is 2.60. The summed E-state index contributed by atoms with van der Waals surface area (Å²) in [6.45, 7) is 1.38. The maximum Gasteiger partial charge on any atom is 0.312 e. The summed E-state index contributed by atoms with van der Waals surface area (Å²) in [5.41, 5.74) is -1.09. The molecule has 5 rings (SSSR count). The molecule has 4 bridgehead atoms. The van der Waals surface area contributed by atoms with E-state index < -0.39 is 46.5 Å². The number of halogens is 4. The van der Waals surface area contributed by atoms with Gasteiger partial charge in [0.15, 0.2) is 23.6 Å². The molecular formula is C20H21BrF3NO3. The minimum atomic E-state index is -1.67. The van der Waals surface area contributed by atoms with Gasteiger partial charge in [0, 0.05) is 4.32 Å². The first kappa shape index (κ1) is 19.7. The summed E-state index contributed by atoms with van der Waals surface area (Å²) in [7, 11) is 0. The number of carbonyl (C=O) groups is 2. The van der Waals surface area contributed by atoms with Crippen LogP contribution >= 0.6 is 15.9 Å². The van der Waals surface area contributed by atoms with Crippen molar-refractivity contribution in [1.82, 2.24) is 0 Å². The van der Waals surface area contributed by atoms with Crippen molar-refractivity contribution < 1.29 is 27.5 Å². The van der Waals surface area contributed by atoms with Gasteiger partial charge in [-0.2, -0.15) is 0 Å². The third-order valence-electron chi connectivity index (χ3n) is 6.37. The number of ether oxygens (including phenoxy) is 1. The number of alkyl halides is 1. The SMILES string of the molecule is CC(OC(=O)C12CC3CC(CC(Br)(C3)C1)C2)C(=O)Nc1ccc(F)c(F)c1F. The van der Waals surface area contributed by atoms with Gasteiger partial charge < -0.3 is 10.1 Å². The summed E-state index contributed by atoms with van der Waals surface area (Å²) in [5, 5.41) is 2.16. The van der Waals surface area contributed by atoms with Crippen LogP contribution in [0.15, 0.2) is 12.1 Å². The Bertz CT molecular complexity index is 832. The van der Waals surface area contributed by atoms with Gasteiger partial charge in [-0.3, -0.25) is 9.59 Å². The van der Waals surface area contributed by atoms with Crippen LogP contribution in [0.4, 0.5) is 18.9 Å². The average molecular weight is 460 g/mol. The summed E-state index contributed by atoms with van der Waals surface area (Å²) >= 11 is 3.83. The van der Waals surface area contributed by atoms with Crippen molar-refractivity contribution in [1.29, 1.82) is 0 Å². The maximum absolute atomic E-state index is 13.8. The van der Waals surface area contributed by atoms with Crippen LogP contribution in [0, 0.1) is 34.7 Å². The van der Waals surface area contributed by atoms with Crippen LogP contribution in [0.25, 0.3) is 0 Å². The number of rotatable bonds is 4. The number of amides is 1. The van der Waals surface area contributed by atoms with E-state index in [1.165, 1.54) is 6.92 Å².